The number of sulfone groups is 1. The van der Waals surface area contributed by atoms with Gasteiger partial charge >= 0.3 is 0 Å². The van der Waals surface area contributed by atoms with Crippen LogP contribution in [0.1, 0.15) is 24.1 Å². The van der Waals surface area contributed by atoms with Gasteiger partial charge in [-0.3, -0.25) is 14.8 Å². The van der Waals surface area contributed by atoms with Crippen LogP contribution in [0, 0.1) is 0 Å². The number of hydrogen-bond acceptors (Lipinski definition) is 5. The summed E-state index contributed by atoms with van der Waals surface area (Å²) in [6.07, 6.45) is 9.95. The molecule has 1 saturated carbocycles. The zero-order chi connectivity index (χ0) is 19.5. The van der Waals surface area contributed by atoms with Crippen LogP contribution in [0.4, 0.5) is 5.69 Å². The number of carbonyl (C=O) groups is 1. The summed E-state index contributed by atoms with van der Waals surface area (Å²) in [6, 6.07) is 5.82. The molecule has 1 aliphatic heterocycles. The third-order valence-corrected chi connectivity index (χ3v) is 6.73. The van der Waals surface area contributed by atoms with Crippen molar-refractivity contribution in [2.45, 2.75) is 31.3 Å². The van der Waals surface area contributed by atoms with Gasteiger partial charge in [0, 0.05) is 42.5 Å². The van der Waals surface area contributed by atoms with Crippen molar-refractivity contribution in [3.05, 3.63) is 54.2 Å². The lowest BCUT2D eigenvalue weighted by atomic mass is 9.99. The SMILES string of the molecule is CS(=O)(=O)CCn1c(CN2C(=O)C3(CC3)c3ccncc32)cc2cnccc21. The molecule has 2 aliphatic rings. The van der Waals surface area contributed by atoms with E-state index in [4.69, 9.17) is 0 Å². The van der Waals surface area contributed by atoms with E-state index in [1.165, 1.54) is 6.26 Å². The van der Waals surface area contributed by atoms with E-state index in [-0.39, 0.29) is 17.1 Å². The van der Waals surface area contributed by atoms with Gasteiger partial charge in [0.2, 0.25) is 5.91 Å². The molecule has 0 aromatic carbocycles. The van der Waals surface area contributed by atoms with Crippen molar-refractivity contribution in [1.29, 1.82) is 0 Å². The van der Waals surface area contributed by atoms with Gasteiger partial charge in [-0.1, -0.05) is 0 Å². The Hall–Kier alpha value is -2.74. The molecule has 0 N–H and O–H groups in total. The highest BCUT2D eigenvalue weighted by molar-refractivity contribution is 7.90. The molecule has 0 atom stereocenters. The fourth-order valence-corrected chi connectivity index (χ4v) is 4.75. The van der Waals surface area contributed by atoms with Crippen LogP contribution in [0.3, 0.4) is 0 Å². The molecule has 0 saturated heterocycles. The minimum Gasteiger partial charge on any atom is -0.342 e. The number of anilines is 1. The predicted octanol–water partition coefficient (Wildman–Crippen LogP) is 2.05. The Kier molecular flexibility index (Phi) is 3.64. The fraction of sp³-hybridized carbons (Fsp3) is 0.350. The molecule has 1 fully saturated rings. The fourth-order valence-electron chi connectivity index (χ4n) is 4.24. The van der Waals surface area contributed by atoms with Gasteiger partial charge in [-0.15, -0.1) is 0 Å². The molecule has 1 aliphatic carbocycles. The number of fused-ring (bicyclic) bond motifs is 3. The molecule has 0 unspecified atom stereocenters. The maximum absolute atomic E-state index is 13.2. The lowest BCUT2D eigenvalue weighted by Crippen LogP contribution is -2.32. The molecule has 7 nitrogen and oxygen atoms in total. The molecule has 1 amide bonds. The van der Waals surface area contributed by atoms with Crippen molar-refractivity contribution in [2.24, 2.45) is 0 Å². The van der Waals surface area contributed by atoms with E-state index < -0.39 is 9.84 Å². The van der Waals surface area contributed by atoms with E-state index in [0.717, 1.165) is 40.7 Å². The number of aromatic nitrogens is 3. The first-order valence-electron chi connectivity index (χ1n) is 9.25. The third-order valence-electron chi connectivity index (χ3n) is 5.80. The first kappa shape index (κ1) is 17.4. The second kappa shape index (κ2) is 5.88. The summed E-state index contributed by atoms with van der Waals surface area (Å²) in [5.41, 5.74) is 3.38. The Bertz CT molecular complexity index is 1210. The number of pyridine rings is 2. The Morgan fingerprint density at radius 3 is 2.64 bits per heavy atom. The first-order chi connectivity index (χ1) is 13.4. The van der Waals surface area contributed by atoms with Crippen molar-refractivity contribution in [3.63, 3.8) is 0 Å². The average molecular weight is 396 g/mol. The zero-order valence-corrected chi connectivity index (χ0v) is 16.3. The van der Waals surface area contributed by atoms with Crippen LogP contribution >= 0.6 is 0 Å². The Morgan fingerprint density at radius 1 is 1.14 bits per heavy atom. The molecule has 0 bridgehead atoms. The molecule has 4 heterocycles. The largest absolute Gasteiger partial charge is 0.342 e. The quantitative estimate of drug-likeness (QED) is 0.659. The first-order valence-corrected chi connectivity index (χ1v) is 11.3. The minimum absolute atomic E-state index is 0.0438. The van der Waals surface area contributed by atoms with Gasteiger partial charge in [0.15, 0.2) is 0 Å². The van der Waals surface area contributed by atoms with Crippen LogP contribution in [-0.4, -0.2) is 40.9 Å². The molecule has 1 spiro atoms. The van der Waals surface area contributed by atoms with Gasteiger partial charge in [0.05, 0.1) is 35.1 Å². The maximum Gasteiger partial charge on any atom is 0.238 e. The van der Waals surface area contributed by atoms with Crippen LogP contribution in [0.2, 0.25) is 0 Å². The lowest BCUT2D eigenvalue weighted by molar-refractivity contribution is -0.120. The number of hydrogen-bond donors (Lipinski definition) is 0. The van der Waals surface area contributed by atoms with Gasteiger partial charge in [-0.05, 0) is 36.6 Å². The summed E-state index contributed by atoms with van der Waals surface area (Å²) in [6.45, 7) is 0.729. The molecular weight excluding hydrogens is 376 g/mol. The number of rotatable bonds is 5. The van der Waals surface area contributed by atoms with Crippen molar-refractivity contribution >= 4 is 32.3 Å². The van der Waals surface area contributed by atoms with E-state index in [2.05, 4.69) is 9.97 Å². The smallest absolute Gasteiger partial charge is 0.238 e. The highest BCUT2D eigenvalue weighted by Crippen LogP contribution is 2.57. The van der Waals surface area contributed by atoms with Gasteiger partial charge in [-0.25, -0.2) is 8.42 Å². The summed E-state index contributed by atoms with van der Waals surface area (Å²) in [5, 5.41) is 0.935. The van der Waals surface area contributed by atoms with Crippen LogP contribution in [-0.2, 0) is 33.1 Å². The van der Waals surface area contributed by atoms with Crippen molar-refractivity contribution in [3.8, 4) is 0 Å². The summed E-state index contributed by atoms with van der Waals surface area (Å²) in [5.74, 6) is 0.163. The number of carbonyl (C=O) groups excluding carboxylic acids is 1. The van der Waals surface area contributed by atoms with E-state index in [1.54, 1.807) is 29.7 Å². The topological polar surface area (TPSA) is 85.2 Å². The summed E-state index contributed by atoms with van der Waals surface area (Å²) in [7, 11) is -3.11. The Balaban J connectivity index is 1.56. The molecule has 3 aromatic heterocycles. The standard InChI is InChI=1S/C20H20N4O3S/c1-28(26,27)9-8-23-15(10-14-11-21-7-3-17(14)23)13-24-18-12-22-6-2-16(18)20(4-5-20)19(24)25/h2-3,6-7,10-12H,4-5,8-9,13H2,1H3. The average Bonchev–Trinajstić information content (AvgIpc) is 3.35. The molecular formula is C20H20N4O3S. The number of amides is 1. The Morgan fingerprint density at radius 2 is 1.89 bits per heavy atom. The van der Waals surface area contributed by atoms with Gasteiger partial charge in [0.1, 0.15) is 9.84 Å². The lowest BCUT2D eigenvalue weighted by Gasteiger charge is -2.19. The highest BCUT2D eigenvalue weighted by Gasteiger charge is 2.59. The zero-order valence-electron chi connectivity index (χ0n) is 15.5. The van der Waals surface area contributed by atoms with E-state index >= 15 is 0 Å². The molecule has 0 radical (unpaired) electrons. The van der Waals surface area contributed by atoms with E-state index in [0.29, 0.717) is 13.1 Å². The monoisotopic (exact) mass is 396 g/mol. The second-order valence-corrected chi connectivity index (χ2v) is 9.98. The molecule has 8 heteroatoms. The maximum atomic E-state index is 13.2. The molecule has 3 aromatic rings. The summed E-state index contributed by atoms with van der Waals surface area (Å²) in [4.78, 5) is 23.4. The molecule has 144 valence electrons. The third kappa shape index (κ3) is 2.63. The van der Waals surface area contributed by atoms with Gasteiger partial charge < -0.3 is 9.47 Å². The second-order valence-electron chi connectivity index (χ2n) is 7.72. The molecule has 28 heavy (non-hydrogen) atoms. The van der Waals surface area contributed by atoms with Crippen LogP contribution in [0.15, 0.2) is 43.0 Å². The minimum atomic E-state index is -3.11. The summed E-state index contributed by atoms with van der Waals surface area (Å²) >= 11 is 0. The van der Waals surface area contributed by atoms with Crippen molar-refractivity contribution < 1.29 is 13.2 Å². The summed E-state index contributed by atoms with van der Waals surface area (Å²) < 4.78 is 25.4. The number of nitrogens with zero attached hydrogens (tertiary/aromatic N) is 4. The predicted molar refractivity (Wildman–Crippen MR) is 106 cm³/mol. The molecule has 5 rings (SSSR count). The Labute approximate surface area is 162 Å². The van der Waals surface area contributed by atoms with E-state index in [1.807, 2.05) is 22.8 Å². The van der Waals surface area contributed by atoms with Crippen LogP contribution in [0.25, 0.3) is 10.9 Å². The van der Waals surface area contributed by atoms with Crippen LogP contribution < -0.4 is 4.90 Å². The highest BCUT2D eigenvalue weighted by atomic mass is 32.2. The normalized spacial score (nSPS) is 17.5. The van der Waals surface area contributed by atoms with E-state index in [9.17, 15) is 13.2 Å². The van der Waals surface area contributed by atoms with Gasteiger partial charge in [0.25, 0.3) is 0 Å². The number of aryl methyl sites for hydroxylation is 1. The van der Waals surface area contributed by atoms with Crippen LogP contribution in [0.5, 0.6) is 0 Å². The van der Waals surface area contributed by atoms with Crippen molar-refractivity contribution in [2.75, 3.05) is 16.9 Å². The van der Waals surface area contributed by atoms with Crippen molar-refractivity contribution in [1.82, 2.24) is 14.5 Å². The van der Waals surface area contributed by atoms with Gasteiger partial charge in [-0.2, -0.15) is 0 Å².